The van der Waals surface area contributed by atoms with Crippen molar-refractivity contribution in [1.29, 1.82) is 5.26 Å². The van der Waals surface area contributed by atoms with E-state index >= 15 is 0 Å². The molecule has 0 atom stereocenters. The maximum absolute atomic E-state index is 9.56. The lowest BCUT2D eigenvalue weighted by Gasteiger charge is -2.14. The molecule has 0 aliphatic rings. The summed E-state index contributed by atoms with van der Waals surface area (Å²) in [5.41, 5.74) is 3.02. The van der Waals surface area contributed by atoms with Gasteiger partial charge in [0.05, 0.1) is 18.8 Å². The average Bonchev–Trinajstić information content (AvgIpc) is 2.73. The zero-order valence-corrected chi connectivity index (χ0v) is 18.6. The number of nitrogens with zero attached hydrogens (tertiary/aromatic N) is 1. The molecule has 0 saturated carbocycles. The van der Waals surface area contributed by atoms with Crippen molar-refractivity contribution in [2.24, 2.45) is 0 Å². The second-order valence-corrected chi connectivity index (χ2v) is 7.78. The quantitative estimate of drug-likeness (QED) is 0.268. The monoisotopic (exact) mass is 487 g/mol. The predicted molar refractivity (Wildman–Crippen MR) is 121 cm³/mol. The van der Waals surface area contributed by atoms with Crippen LogP contribution in [0.25, 0.3) is 11.6 Å². The Morgan fingerprint density at radius 1 is 1.07 bits per heavy atom. The fraction of sp³-hybridized carbons (Fsp3) is 0.0870. The molecule has 0 aromatic heterocycles. The van der Waals surface area contributed by atoms with Crippen molar-refractivity contribution in [1.82, 2.24) is 0 Å². The van der Waals surface area contributed by atoms with Crippen LogP contribution in [0.3, 0.4) is 0 Å². The molecular weight excluding hydrogens is 473 g/mol. The van der Waals surface area contributed by atoms with Gasteiger partial charge in [-0.3, -0.25) is 0 Å². The molecule has 6 heteroatoms. The highest BCUT2D eigenvalue weighted by molar-refractivity contribution is 9.10. The molecule has 0 amide bonds. The molecule has 0 bridgehead atoms. The van der Waals surface area contributed by atoms with Gasteiger partial charge >= 0.3 is 0 Å². The number of methoxy groups -OCH3 is 1. The number of hydrogen-bond donors (Lipinski definition) is 0. The molecule has 29 heavy (non-hydrogen) atoms. The van der Waals surface area contributed by atoms with E-state index < -0.39 is 0 Å². The molecule has 3 nitrogen and oxygen atoms in total. The SMILES string of the molecule is COc1cc(/C=C(\C#N)c2ccccc2)c(Br)cc1OCc1ccc(Cl)cc1Cl. The van der Waals surface area contributed by atoms with Crippen LogP contribution in [0.1, 0.15) is 16.7 Å². The number of allylic oxidation sites excluding steroid dienone is 1. The van der Waals surface area contributed by atoms with E-state index in [0.717, 1.165) is 21.2 Å². The van der Waals surface area contributed by atoms with Crippen molar-refractivity contribution in [3.63, 3.8) is 0 Å². The Morgan fingerprint density at radius 3 is 2.48 bits per heavy atom. The van der Waals surface area contributed by atoms with Crippen molar-refractivity contribution in [3.8, 4) is 17.6 Å². The first-order chi connectivity index (χ1) is 14.0. The number of nitriles is 1. The van der Waals surface area contributed by atoms with Gasteiger partial charge in [-0.15, -0.1) is 0 Å². The minimum absolute atomic E-state index is 0.265. The normalized spacial score (nSPS) is 11.1. The third-order valence-corrected chi connectivity index (χ3v) is 5.46. The Kier molecular flexibility index (Phi) is 7.22. The molecule has 0 saturated heterocycles. The molecule has 3 aromatic rings. The maximum Gasteiger partial charge on any atom is 0.162 e. The molecule has 0 aliphatic heterocycles. The summed E-state index contributed by atoms with van der Waals surface area (Å²) in [6.45, 7) is 0.265. The van der Waals surface area contributed by atoms with Crippen molar-refractivity contribution in [2.75, 3.05) is 7.11 Å². The zero-order valence-electron chi connectivity index (χ0n) is 15.5. The maximum atomic E-state index is 9.56. The fourth-order valence-electron chi connectivity index (χ4n) is 2.68. The molecule has 3 rings (SSSR count). The minimum Gasteiger partial charge on any atom is -0.493 e. The summed E-state index contributed by atoms with van der Waals surface area (Å²) in [4.78, 5) is 0. The van der Waals surface area contributed by atoms with Gasteiger partial charge in [0.2, 0.25) is 0 Å². The van der Waals surface area contributed by atoms with Gasteiger partial charge in [-0.2, -0.15) is 5.26 Å². The Bertz CT molecular complexity index is 1090. The number of halogens is 3. The smallest absolute Gasteiger partial charge is 0.162 e. The molecule has 0 unspecified atom stereocenters. The summed E-state index contributed by atoms with van der Waals surface area (Å²) in [5.74, 6) is 1.11. The topological polar surface area (TPSA) is 42.2 Å². The first-order valence-corrected chi connectivity index (χ1v) is 10.2. The van der Waals surface area contributed by atoms with Crippen LogP contribution in [-0.2, 0) is 6.61 Å². The Balaban J connectivity index is 1.89. The molecule has 3 aromatic carbocycles. The standard InChI is InChI=1S/C23H16BrCl2NO2/c1-28-22-10-17(9-18(13-27)15-5-3-2-4-6-15)20(24)12-23(22)29-14-16-7-8-19(25)11-21(16)26/h2-12H,14H2,1H3/b18-9+. The van der Waals surface area contributed by atoms with Gasteiger partial charge < -0.3 is 9.47 Å². The van der Waals surface area contributed by atoms with Crippen LogP contribution in [0.5, 0.6) is 11.5 Å². The van der Waals surface area contributed by atoms with Crippen molar-refractivity contribution < 1.29 is 9.47 Å². The van der Waals surface area contributed by atoms with Crippen LogP contribution in [-0.4, -0.2) is 7.11 Å². The first kappa shape index (κ1) is 21.3. The second kappa shape index (κ2) is 9.84. The van der Waals surface area contributed by atoms with E-state index in [1.807, 2.05) is 54.6 Å². The summed E-state index contributed by atoms with van der Waals surface area (Å²) in [7, 11) is 1.57. The summed E-state index contributed by atoms with van der Waals surface area (Å²) in [6.07, 6.45) is 1.81. The third-order valence-electron chi connectivity index (χ3n) is 4.19. The lowest BCUT2D eigenvalue weighted by molar-refractivity contribution is 0.284. The predicted octanol–water partition coefficient (Wildman–Crippen LogP) is 7.41. The summed E-state index contributed by atoms with van der Waals surface area (Å²) < 4.78 is 12.2. The van der Waals surface area contributed by atoms with Crippen LogP contribution in [0.15, 0.2) is 65.1 Å². The van der Waals surface area contributed by atoms with Gasteiger partial charge in [-0.05, 0) is 41.5 Å². The molecule has 0 N–H and O–H groups in total. The number of benzene rings is 3. The minimum atomic E-state index is 0.265. The van der Waals surface area contributed by atoms with Crippen LogP contribution < -0.4 is 9.47 Å². The largest absolute Gasteiger partial charge is 0.493 e. The first-order valence-electron chi connectivity index (χ1n) is 8.63. The van der Waals surface area contributed by atoms with E-state index in [0.29, 0.717) is 27.1 Å². The summed E-state index contributed by atoms with van der Waals surface area (Å²) >= 11 is 15.7. The van der Waals surface area contributed by atoms with E-state index in [1.165, 1.54) is 0 Å². The van der Waals surface area contributed by atoms with Crippen LogP contribution in [0.2, 0.25) is 10.0 Å². The molecule has 0 aliphatic carbocycles. The number of hydrogen-bond acceptors (Lipinski definition) is 3. The van der Waals surface area contributed by atoms with E-state index in [1.54, 1.807) is 19.2 Å². The second-order valence-electron chi connectivity index (χ2n) is 6.08. The van der Waals surface area contributed by atoms with E-state index in [9.17, 15) is 5.26 Å². The van der Waals surface area contributed by atoms with Gasteiger partial charge in [0.25, 0.3) is 0 Å². The van der Waals surface area contributed by atoms with Gasteiger partial charge in [-0.25, -0.2) is 0 Å². The van der Waals surface area contributed by atoms with E-state index in [4.69, 9.17) is 32.7 Å². The van der Waals surface area contributed by atoms with Gasteiger partial charge in [0.1, 0.15) is 6.61 Å². The zero-order chi connectivity index (χ0) is 20.8. The molecular formula is C23H16BrCl2NO2. The van der Waals surface area contributed by atoms with E-state index in [-0.39, 0.29) is 6.61 Å². The molecule has 0 fully saturated rings. The van der Waals surface area contributed by atoms with Gasteiger partial charge in [0.15, 0.2) is 11.5 Å². The van der Waals surface area contributed by atoms with Crippen molar-refractivity contribution >= 4 is 50.8 Å². The summed E-state index contributed by atoms with van der Waals surface area (Å²) in [5, 5.41) is 10.7. The Morgan fingerprint density at radius 2 is 1.83 bits per heavy atom. The van der Waals surface area contributed by atoms with Crippen molar-refractivity contribution in [2.45, 2.75) is 6.61 Å². The lowest BCUT2D eigenvalue weighted by Crippen LogP contribution is -1.99. The van der Waals surface area contributed by atoms with Crippen LogP contribution in [0.4, 0.5) is 0 Å². The van der Waals surface area contributed by atoms with Crippen molar-refractivity contribution in [3.05, 3.63) is 91.9 Å². The highest BCUT2D eigenvalue weighted by Gasteiger charge is 2.12. The molecule has 0 spiro atoms. The molecule has 0 heterocycles. The summed E-state index contributed by atoms with van der Waals surface area (Å²) in [6, 6.07) is 20.6. The molecule has 0 radical (unpaired) electrons. The van der Waals surface area contributed by atoms with Gasteiger partial charge in [0, 0.05) is 20.1 Å². The molecule has 146 valence electrons. The fourth-order valence-corrected chi connectivity index (χ4v) is 3.58. The van der Waals surface area contributed by atoms with Crippen LogP contribution in [0, 0.1) is 11.3 Å². The number of ether oxygens (including phenoxy) is 2. The lowest BCUT2D eigenvalue weighted by atomic mass is 10.0. The average molecular weight is 489 g/mol. The number of rotatable bonds is 6. The highest BCUT2D eigenvalue weighted by Crippen LogP contribution is 2.36. The third kappa shape index (κ3) is 5.33. The Labute approximate surface area is 188 Å². The van der Waals surface area contributed by atoms with E-state index in [2.05, 4.69) is 22.0 Å². The van der Waals surface area contributed by atoms with Gasteiger partial charge in [-0.1, -0.05) is 75.5 Å². The Hall–Kier alpha value is -2.45. The van der Waals surface area contributed by atoms with Crippen LogP contribution >= 0.6 is 39.1 Å². The highest BCUT2D eigenvalue weighted by atomic mass is 79.9.